The number of benzene rings is 3. The van der Waals surface area contributed by atoms with Gasteiger partial charge in [0.15, 0.2) is 5.11 Å². The van der Waals surface area contributed by atoms with Crippen LogP contribution in [-0.2, 0) is 0 Å². The molecule has 0 bridgehead atoms. The molecule has 0 fully saturated rings. The van der Waals surface area contributed by atoms with E-state index in [0.29, 0.717) is 34.3 Å². The Balaban J connectivity index is 1.54. The Hall–Kier alpha value is -3.98. The number of hydrogen-bond acceptors (Lipinski definition) is 5. The molecule has 0 spiro atoms. The minimum absolute atomic E-state index is 0.00327. The van der Waals surface area contributed by atoms with Crippen LogP contribution in [0.5, 0.6) is 5.75 Å². The van der Waals surface area contributed by atoms with Gasteiger partial charge in [-0.15, -0.1) is 0 Å². The van der Waals surface area contributed by atoms with Crippen LogP contribution in [0.2, 0.25) is 0 Å². The number of anilines is 3. The van der Waals surface area contributed by atoms with Crippen molar-refractivity contribution < 1.29 is 14.5 Å². The number of nitro groups is 1. The maximum atomic E-state index is 12.4. The maximum absolute atomic E-state index is 12.4. The number of carbonyl (C=O) groups is 1. The molecule has 8 nitrogen and oxygen atoms in total. The number of rotatable bonds is 7. The van der Waals surface area contributed by atoms with Gasteiger partial charge in [-0.05, 0) is 79.8 Å². The predicted molar refractivity (Wildman–Crippen MR) is 125 cm³/mol. The standard InChI is InChI=1S/C22H20N4O4S/c1-2-30-20-13-9-16(10-14-20)23-21(27)15-3-5-17(6-4-15)24-22(31)25-18-7-11-19(12-8-18)26(28)29/h3-14H,2H2,1H3,(H,23,27)(H2,24,25,31). The molecule has 3 rings (SSSR count). The molecule has 0 radical (unpaired) electrons. The average Bonchev–Trinajstić information content (AvgIpc) is 2.76. The molecule has 3 aromatic rings. The van der Waals surface area contributed by atoms with Crippen molar-refractivity contribution in [3.05, 3.63) is 88.5 Å². The maximum Gasteiger partial charge on any atom is 0.269 e. The van der Waals surface area contributed by atoms with E-state index in [0.717, 1.165) is 5.75 Å². The molecule has 0 aliphatic heterocycles. The van der Waals surface area contributed by atoms with Crippen molar-refractivity contribution >= 4 is 46.0 Å². The first-order valence-corrected chi connectivity index (χ1v) is 9.82. The van der Waals surface area contributed by atoms with Gasteiger partial charge in [0, 0.05) is 34.8 Å². The zero-order valence-electron chi connectivity index (χ0n) is 16.6. The molecule has 0 unspecified atom stereocenters. The van der Waals surface area contributed by atoms with Crippen LogP contribution in [0.4, 0.5) is 22.7 Å². The lowest BCUT2D eigenvalue weighted by Gasteiger charge is -2.11. The van der Waals surface area contributed by atoms with Crippen LogP contribution in [0.3, 0.4) is 0 Å². The summed E-state index contributed by atoms with van der Waals surface area (Å²) in [5.41, 5.74) is 2.48. The van der Waals surface area contributed by atoms with Crippen LogP contribution in [0.15, 0.2) is 72.8 Å². The fourth-order valence-corrected chi connectivity index (χ4v) is 2.90. The highest BCUT2D eigenvalue weighted by Crippen LogP contribution is 2.18. The number of ether oxygens (including phenoxy) is 1. The lowest BCUT2D eigenvalue weighted by Crippen LogP contribution is -2.19. The number of nitrogens with zero attached hydrogens (tertiary/aromatic N) is 1. The van der Waals surface area contributed by atoms with Crippen molar-refractivity contribution in [2.45, 2.75) is 6.92 Å². The highest BCUT2D eigenvalue weighted by molar-refractivity contribution is 7.80. The number of nitro benzene ring substituents is 1. The van der Waals surface area contributed by atoms with Crippen LogP contribution in [0, 0.1) is 10.1 Å². The Kier molecular flexibility index (Phi) is 7.13. The predicted octanol–water partition coefficient (Wildman–Crippen LogP) is 5.05. The molecule has 0 aliphatic rings. The normalized spacial score (nSPS) is 10.1. The SMILES string of the molecule is CCOc1ccc(NC(=O)c2ccc(NC(=S)Nc3ccc([N+](=O)[O-])cc3)cc2)cc1. The first kappa shape index (κ1) is 21.7. The van der Waals surface area contributed by atoms with E-state index in [4.69, 9.17) is 17.0 Å². The molecule has 3 N–H and O–H groups in total. The van der Waals surface area contributed by atoms with E-state index in [1.54, 1.807) is 60.7 Å². The van der Waals surface area contributed by atoms with Crippen molar-refractivity contribution in [1.29, 1.82) is 0 Å². The number of carbonyl (C=O) groups excluding carboxylic acids is 1. The molecule has 0 heterocycles. The lowest BCUT2D eigenvalue weighted by molar-refractivity contribution is -0.384. The van der Waals surface area contributed by atoms with Gasteiger partial charge < -0.3 is 20.7 Å². The third kappa shape index (κ3) is 6.25. The quantitative estimate of drug-likeness (QED) is 0.270. The Morgan fingerprint density at radius 2 is 1.35 bits per heavy atom. The van der Waals surface area contributed by atoms with Crippen LogP contribution in [0.25, 0.3) is 0 Å². The summed E-state index contributed by atoms with van der Waals surface area (Å²) in [5.74, 6) is 0.511. The molecular formula is C22H20N4O4S. The van der Waals surface area contributed by atoms with Crippen molar-refractivity contribution in [2.75, 3.05) is 22.6 Å². The van der Waals surface area contributed by atoms with E-state index in [1.807, 2.05) is 6.92 Å². The second-order valence-corrected chi connectivity index (χ2v) is 6.78. The van der Waals surface area contributed by atoms with Crippen molar-refractivity contribution in [1.82, 2.24) is 0 Å². The third-order valence-corrected chi connectivity index (χ3v) is 4.37. The van der Waals surface area contributed by atoms with Gasteiger partial charge in [-0.3, -0.25) is 14.9 Å². The number of thiocarbonyl (C=S) groups is 1. The van der Waals surface area contributed by atoms with Crippen LogP contribution >= 0.6 is 12.2 Å². The Bertz CT molecular complexity index is 1070. The van der Waals surface area contributed by atoms with Crippen molar-refractivity contribution in [2.24, 2.45) is 0 Å². The van der Waals surface area contributed by atoms with Crippen LogP contribution < -0.4 is 20.7 Å². The van der Waals surface area contributed by atoms with E-state index in [1.165, 1.54) is 12.1 Å². The summed E-state index contributed by atoms with van der Waals surface area (Å²) >= 11 is 5.26. The summed E-state index contributed by atoms with van der Waals surface area (Å²) in [7, 11) is 0. The van der Waals surface area contributed by atoms with Gasteiger partial charge in [0.2, 0.25) is 0 Å². The zero-order valence-corrected chi connectivity index (χ0v) is 17.4. The summed E-state index contributed by atoms with van der Waals surface area (Å²) in [6, 6.07) is 19.9. The van der Waals surface area contributed by atoms with E-state index < -0.39 is 4.92 Å². The summed E-state index contributed by atoms with van der Waals surface area (Å²) < 4.78 is 5.39. The molecule has 0 saturated carbocycles. The molecular weight excluding hydrogens is 416 g/mol. The highest BCUT2D eigenvalue weighted by Gasteiger charge is 2.08. The number of hydrogen-bond donors (Lipinski definition) is 3. The number of non-ortho nitro benzene ring substituents is 1. The van der Waals surface area contributed by atoms with Gasteiger partial charge in [0.25, 0.3) is 11.6 Å². The smallest absolute Gasteiger partial charge is 0.269 e. The molecule has 0 saturated heterocycles. The molecule has 158 valence electrons. The molecule has 0 atom stereocenters. The Morgan fingerprint density at radius 1 is 0.871 bits per heavy atom. The molecule has 31 heavy (non-hydrogen) atoms. The summed E-state index contributed by atoms with van der Waals surface area (Å²) in [5, 5.41) is 19.8. The third-order valence-electron chi connectivity index (χ3n) is 4.16. The highest BCUT2D eigenvalue weighted by atomic mass is 32.1. The first-order chi connectivity index (χ1) is 14.9. The monoisotopic (exact) mass is 436 g/mol. The molecule has 3 aromatic carbocycles. The van der Waals surface area contributed by atoms with E-state index >= 15 is 0 Å². The summed E-state index contributed by atoms with van der Waals surface area (Å²) in [6.07, 6.45) is 0. The average molecular weight is 436 g/mol. The minimum atomic E-state index is -0.464. The Morgan fingerprint density at radius 3 is 1.87 bits per heavy atom. The second kappa shape index (κ2) is 10.2. The van der Waals surface area contributed by atoms with Gasteiger partial charge in [0.05, 0.1) is 11.5 Å². The van der Waals surface area contributed by atoms with E-state index in [2.05, 4.69) is 16.0 Å². The van der Waals surface area contributed by atoms with Gasteiger partial charge in [0.1, 0.15) is 5.75 Å². The van der Waals surface area contributed by atoms with Crippen molar-refractivity contribution in [3.8, 4) is 5.75 Å². The van der Waals surface area contributed by atoms with Crippen LogP contribution in [0.1, 0.15) is 17.3 Å². The molecule has 9 heteroatoms. The van der Waals surface area contributed by atoms with E-state index in [-0.39, 0.29) is 11.6 Å². The summed E-state index contributed by atoms with van der Waals surface area (Å²) in [4.78, 5) is 22.7. The number of amides is 1. The zero-order chi connectivity index (χ0) is 22.2. The van der Waals surface area contributed by atoms with Gasteiger partial charge in [-0.2, -0.15) is 0 Å². The summed E-state index contributed by atoms with van der Waals surface area (Å²) in [6.45, 7) is 2.49. The fraction of sp³-hybridized carbons (Fsp3) is 0.0909. The molecule has 0 aromatic heterocycles. The van der Waals surface area contributed by atoms with Gasteiger partial charge in [-0.25, -0.2) is 0 Å². The fourth-order valence-electron chi connectivity index (χ4n) is 2.67. The molecule has 0 aliphatic carbocycles. The van der Waals surface area contributed by atoms with E-state index in [9.17, 15) is 14.9 Å². The second-order valence-electron chi connectivity index (χ2n) is 6.37. The molecule has 1 amide bonds. The number of nitrogens with one attached hydrogen (secondary N) is 3. The first-order valence-electron chi connectivity index (χ1n) is 9.41. The minimum Gasteiger partial charge on any atom is -0.494 e. The topological polar surface area (TPSA) is 106 Å². The lowest BCUT2D eigenvalue weighted by atomic mass is 10.2. The largest absolute Gasteiger partial charge is 0.494 e. The Labute approximate surface area is 184 Å². The van der Waals surface area contributed by atoms with Crippen molar-refractivity contribution in [3.63, 3.8) is 0 Å². The van der Waals surface area contributed by atoms with Crippen LogP contribution in [-0.4, -0.2) is 22.5 Å². The van der Waals surface area contributed by atoms with Gasteiger partial charge in [-0.1, -0.05) is 0 Å². The van der Waals surface area contributed by atoms with Gasteiger partial charge >= 0.3 is 0 Å².